The number of hydrogen-bond acceptors (Lipinski definition) is 2. The smallest absolute Gasteiger partial charge is 0.432 e. The predicted octanol–water partition coefficient (Wildman–Crippen LogP) is 12.3. The standard InChI is InChI=1S/C37H48F6O2/c1-2-3-4-5-25-6-8-26(9-7-25)27-10-12-28(13-11-27)29-14-16-30(17-15-29)31-18-20-32(21-19-31)36(39,40)44-33-22-23-35(34(38)24-33)45-37(41,42)43/h14-17,22-28,31-32H,2-13,18-21H2,1H3. The largest absolute Gasteiger partial charge is 0.573 e. The molecule has 0 unspecified atom stereocenters. The topological polar surface area (TPSA) is 18.5 Å². The molecule has 0 spiro atoms. The Bertz CT molecular complexity index is 1190. The van der Waals surface area contributed by atoms with Crippen LogP contribution in [0.1, 0.15) is 133 Å². The third-order valence-electron chi connectivity index (χ3n) is 11.0. The van der Waals surface area contributed by atoms with E-state index in [-0.39, 0.29) is 18.8 Å². The lowest BCUT2D eigenvalue weighted by Crippen LogP contribution is -2.37. The van der Waals surface area contributed by atoms with Crippen molar-refractivity contribution in [1.82, 2.24) is 0 Å². The van der Waals surface area contributed by atoms with Crippen LogP contribution in [-0.4, -0.2) is 12.5 Å². The molecule has 3 aliphatic rings. The van der Waals surface area contributed by atoms with Crippen LogP contribution in [-0.2, 0) is 0 Å². The fourth-order valence-corrected chi connectivity index (χ4v) is 8.35. The van der Waals surface area contributed by atoms with E-state index >= 15 is 0 Å². The van der Waals surface area contributed by atoms with Crippen LogP contribution in [0.5, 0.6) is 11.5 Å². The van der Waals surface area contributed by atoms with Crippen molar-refractivity contribution in [3.63, 3.8) is 0 Å². The van der Waals surface area contributed by atoms with Crippen molar-refractivity contribution >= 4 is 0 Å². The van der Waals surface area contributed by atoms with Crippen LogP contribution in [0, 0.1) is 29.5 Å². The van der Waals surface area contributed by atoms with E-state index in [9.17, 15) is 26.3 Å². The average molecular weight is 639 g/mol. The van der Waals surface area contributed by atoms with Crippen molar-refractivity contribution in [3.8, 4) is 11.5 Å². The molecule has 3 saturated carbocycles. The third-order valence-corrected chi connectivity index (χ3v) is 11.0. The predicted molar refractivity (Wildman–Crippen MR) is 164 cm³/mol. The Balaban J connectivity index is 1.05. The van der Waals surface area contributed by atoms with Gasteiger partial charge in [0, 0.05) is 6.07 Å². The van der Waals surface area contributed by atoms with Gasteiger partial charge in [0.2, 0.25) is 0 Å². The van der Waals surface area contributed by atoms with Crippen molar-refractivity contribution < 1.29 is 35.8 Å². The molecule has 2 nitrogen and oxygen atoms in total. The summed E-state index contributed by atoms with van der Waals surface area (Å²) in [6.45, 7) is 2.28. The van der Waals surface area contributed by atoms with Crippen LogP contribution in [0.3, 0.4) is 0 Å². The summed E-state index contributed by atoms with van der Waals surface area (Å²) in [6, 6.07) is 10.8. The van der Waals surface area contributed by atoms with E-state index in [0.717, 1.165) is 23.8 Å². The van der Waals surface area contributed by atoms with Gasteiger partial charge >= 0.3 is 12.5 Å². The van der Waals surface area contributed by atoms with Crippen molar-refractivity contribution in [3.05, 3.63) is 59.4 Å². The van der Waals surface area contributed by atoms with E-state index in [4.69, 9.17) is 4.74 Å². The Morgan fingerprint density at radius 2 is 1.18 bits per heavy atom. The van der Waals surface area contributed by atoms with E-state index < -0.39 is 35.7 Å². The van der Waals surface area contributed by atoms with E-state index in [1.165, 1.54) is 88.2 Å². The SMILES string of the molecule is CCCCCC1CCC(C2CCC(c3ccc(C4CCC(C(F)(F)Oc5ccc(OC(F)(F)F)c(F)c5)CC4)cc3)CC2)CC1. The minimum absolute atomic E-state index is 0.190. The van der Waals surface area contributed by atoms with Crippen LogP contribution < -0.4 is 9.47 Å². The van der Waals surface area contributed by atoms with Gasteiger partial charge in [-0.15, -0.1) is 13.2 Å². The van der Waals surface area contributed by atoms with Gasteiger partial charge in [-0.25, -0.2) is 4.39 Å². The summed E-state index contributed by atoms with van der Waals surface area (Å²) in [5.74, 6) is -0.554. The Morgan fingerprint density at radius 1 is 0.644 bits per heavy atom. The van der Waals surface area contributed by atoms with Gasteiger partial charge in [-0.3, -0.25) is 0 Å². The first-order chi connectivity index (χ1) is 21.5. The quantitative estimate of drug-likeness (QED) is 0.180. The lowest BCUT2D eigenvalue weighted by atomic mass is 9.68. The van der Waals surface area contributed by atoms with Gasteiger partial charge in [0.1, 0.15) is 5.75 Å². The Hall–Kier alpha value is -2.38. The fourth-order valence-electron chi connectivity index (χ4n) is 8.35. The second-order valence-electron chi connectivity index (χ2n) is 13.9. The summed E-state index contributed by atoms with van der Waals surface area (Å²) in [4.78, 5) is 0. The maximum absolute atomic E-state index is 15.0. The van der Waals surface area contributed by atoms with Gasteiger partial charge in [0.25, 0.3) is 0 Å². The lowest BCUT2D eigenvalue weighted by Gasteiger charge is -2.38. The Morgan fingerprint density at radius 3 is 1.69 bits per heavy atom. The second kappa shape index (κ2) is 15.0. The van der Waals surface area contributed by atoms with Crippen molar-refractivity contribution in [2.24, 2.45) is 23.7 Å². The molecule has 3 aliphatic carbocycles. The molecule has 2 aromatic carbocycles. The molecule has 3 fully saturated rings. The molecule has 0 radical (unpaired) electrons. The van der Waals surface area contributed by atoms with Crippen molar-refractivity contribution in [2.45, 2.75) is 134 Å². The number of hydrogen-bond donors (Lipinski definition) is 0. The molecule has 0 heterocycles. The monoisotopic (exact) mass is 638 g/mol. The highest BCUT2D eigenvalue weighted by Crippen LogP contribution is 2.46. The lowest BCUT2D eigenvalue weighted by molar-refractivity contribution is -0.275. The molecule has 0 bridgehead atoms. The van der Waals surface area contributed by atoms with Gasteiger partial charge in [0.05, 0.1) is 5.92 Å². The van der Waals surface area contributed by atoms with Gasteiger partial charge in [-0.05, 0) is 117 Å². The number of alkyl halides is 5. The van der Waals surface area contributed by atoms with Crippen molar-refractivity contribution in [2.75, 3.05) is 0 Å². The molecule has 0 saturated heterocycles. The summed E-state index contributed by atoms with van der Waals surface area (Å²) in [5.41, 5.74) is 2.57. The van der Waals surface area contributed by atoms with Crippen molar-refractivity contribution in [1.29, 1.82) is 0 Å². The minimum Gasteiger partial charge on any atom is -0.432 e. The molecule has 45 heavy (non-hydrogen) atoms. The Labute approximate surface area is 264 Å². The first kappa shape index (κ1) is 34.0. The van der Waals surface area contributed by atoms with Crippen LogP contribution in [0.2, 0.25) is 0 Å². The van der Waals surface area contributed by atoms with E-state index in [2.05, 4.69) is 35.9 Å². The maximum Gasteiger partial charge on any atom is 0.573 e. The number of ether oxygens (including phenoxy) is 2. The summed E-state index contributed by atoms with van der Waals surface area (Å²) in [6.07, 6.45) is 9.38. The van der Waals surface area contributed by atoms with Crippen LogP contribution in [0.25, 0.3) is 0 Å². The zero-order valence-corrected chi connectivity index (χ0v) is 26.4. The van der Waals surface area contributed by atoms with Gasteiger partial charge < -0.3 is 9.47 Å². The molecule has 0 N–H and O–H groups in total. The summed E-state index contributed by atoms with van der Waals surface area (Å²) in [7, 11) is 0. The molecular formula is C37H48F6O2. The van der Waals surface area contributed by atoms with Gasteiger partial charge in [0.15, 0.2) is 11.6 Å². The molecule has 8 heteroatoms. The molecular weight excluding hydrogens is 590 g/mol. The molecule has 0 amide bonds. The zero-order chi connectivity index (χ0) is 32.0. The number of halogens is 6. The van der Waals surface area contributed by atoms with E-state index in [1.807, 2.05) is 0 Å². The highest BCUT2D eigenvalue weighted by molar-refractivity contribution is 5.33. The van der Waals surface area contributed by atoms with E-state index in [0.29, 0.717) is 30.9 Å². The molecule has 0 aromatic heterocycles. The molecule has 0 atom stereocenters. The number of rotatable bonds is 11. The molecule has 0 aliphatic heterocycles. The number of unbranched alkanes of at least 4 members (excludes halogenated alkanes) is 2. The molecule has 5 rings (SSSR count). The first-order valence-corrected chi connectivity index (χ1v) is 17.2. The minimum atomic E-state index is -5.09. The summed E-state index contributed by atoms with van der Waals surface area (Å²) >= 11 is 0. The zero-order valence-electron chi connectivity index (χ0n) is 26.4. The molecule has 250 valence electrons. The number of benzene rings is 2. The van der Waals surface area contributed by atoms with Gasteiger partial charge in [-0.2, -0.15) is 8.78 Å². The fraction of sp³-hybridized carbons (Fsp3) is 0.676. The van der Waals surface area contributed by atoms with Crippen LogP contribution in [0.15, 0.2) is 42.5 Å². The third kappa shape index (κ3) is 9.34. The van der Waals surface area contributed by atoms with Gasteiger partial charge in [-0.1, -0.05) is 69.7 Å². The maximum atomic E-state index is 15.0. The Kier molecular flexibility index (Phi) is 11.3. The summed E-state index contributed by atoms with van der Waals surface area (Å²) < 4.78 is 89.3. The van der Waals surface area contributed by atoms with Crippen LogP contribution in [0.4, 0.5) is 26.3 Å². The van der Waals surface area contributed by atoms with Crippen LogP contribution >= 0.6 is 0 Å². The summed E-state index contributed by atoms with van der Waals surface area (Å²) in [5, 5.41) is 0. The average Bonchev–Trinajstić information content (AvgIpc) is 3.02. The first-order valence-electron chi connectivity index (χ1n) is 17.2. The highest BCUT2D eigenvalue weighted by atomic mass is 19.4. The highest BCUT2D eigenvalue weighted by Gasteiger charge is 2.44. The molecule has 2 aromatic rings. The normalized spacial score (nSPS) is 28.1. The second-order valence-corrected chi connectivity index (χ2v) is 13.9. The van der Waals surface area contributed by atoms with E-state index in [1.54, 1.807) is 0 Å².